The van der Waals surface area contributed by atoms with Gasteiger partial charge in [-0.2, -0.15) is 0 Å². The molecule has 0 spiro atoms. The van der Waals surface area contributed by atoms with Gasteiger partial charge in [-0.1, -0.05) is 40.5 Å². The molecule has 1 aliphatic rings. The molecule has 0 bridgehead atoms. The fourth-order valence-electron chi connectivity index (χ4n) is 4.20. The highest BCUT2D eigenvalue weighted by Gasteiger charge is 2.49. The van der Waals surface area contributed by atoms with Crippen molar-refractivity contribution in [2.24, 2.45) is 23.0 Å². The molecule has 2 heteroatoms. The van der Waals surface area contributed by atoms with Crippen molar-refractivity contribution < 1.29 is 5.11 Å². The molecule has 1 saturated carbocycles. The van der Waals surface area contributed by atoms with Gasteiger partial charge in [-0.3, -0.25) is 0 Å². The molecule has 1 fully saturated rings. The van der Waals surface area contributed by atoms with Gasteiger partial charge in [-0.15, -0.1) is 0 Å². The smallest absolute Gasteiger partial charge is 0.0715 e. The van der Waals surface area contributed by atoms with Crippen molar-refractivity contribution in [3.63, 3.8) is 0 Å². The molecule has 114 valence electrons. The summed E-state index contributed by atoms with van der Waals surface area (Å²) < 4.78 is 0. The zero-order valence-electron chi connectivity index (χ0n) is 13.5. The molecule has 1 rings (SSSR count). The largest absolute Gasteiger partial charge is 0.389 e. The first kappa shape index (κ1) is 17.0. The maximum absolute atomic E-state index is 11.2. The summed E-state index contributed by atoms with van der Waals surface area (Å²) in [6.45, 7) is 9.64. The van der Waals surface area contributed by atoms with E-state index in [0.717, 1.165) is 50.4 Å². The molecule has 0 heterocycles. The Hall–Kier alpha value is -0.0800. The molecular weight excluding hydrogens is 234 g/mol. The lowest BCUT2D eigenvalue weighted by atomic mass is 9.58. The fourth-order valence-corrected chi connectivity index (χ4v) is 4.20. The quantitative estimate of drug-likeness (QED) is 0.730. The Bertz CT molecular complexity index is 248. The van der Waals surface area contributed by atoms with Gasteiger partial charge in [-0.05, 0) is 50.4 Å². The molecule has 0 aromatic rings. The highest BCUT2D eigenvalue weighted by Crippen LogP contribution is 2.50. The van der Waals surface area contributed by atoms with Crippen LogP contribution in [0.15, 0.2) is 0 Å². The Kier molecular flexibility index (Phi) is 6.32. The summed E-state index contributed by atoms with van der Waals surface area (Å²) in [7, 11) is 0. The molecule has 3 N–H and O–H groups in total. The molecule has 2 nitrogen and oxygen atoms in total. The predicted molar refractivity (Wildman–Crippen MR) is 83.0 cm³/mol. The Morgan fingerprint density at radius 3 is 1.95 bits per heavy atom. The van der Waals surface area contributed by atoms with Gasteiger partial charge in [0.15, 0.2) is 0 Å². The van der Waals surface area contributed by atoms with E-state index in [9.17, 15) is 5.11 Å². The summed E-state index contributed by atoms with van der Waals surface area (Å²) in [4.78, 5) is 0. The van der Waals surface area contributed by atoms with Gasteiger partial charge < -0.3 is 10.8 Å². The van der Waals surface area contributed by atoms with Gasteiger partial charge in [0.2, 0.25) is 0 Å². The first-order valence-electron chi connectivity index (χ1n) is 8.37. The van der Waals surface area contributed by atoms with Crippen LogP contribution in [-0.4, -0.2) is 17.3 Å². The normalized spacial score (nSPS) is 28.9. The lowest BCUT2D eigenvalue weighted by molar-refractivity contribution is -0.118. The van der Waals surface area contributed by atoms with Crippen molar-refractivity contribution in [2.75, 3.05) is 6.54 Å². The molecule has 0 unspecified atom stereocenters. The maximum atomic E-state index is 11.2. The SMILES string of the molecule is CCCC(O)(CCC)C1(CN)CCC(C(C)C)CC1. The van der Waals surface area contributed by atoms with Crippen LogP contribution in [-0.2, 0) is 0 Å². The zero-order valence-corrected chi connectivity index (χ0v) is 13.5. The minimum absolute atomic E-state index is 0.0234. The summed E-state index contributed by atoms with van der Waals surface area (Å²) in [5, 5.41) is 11.2. The van der Waals surface area contributed by atoms with Crippen molar-refractivity contribution in [1.29, 1.82) is 0 Å². The van der Waals surface area contributed by atoms with Crippen LogP contribution < -0.4 is 5.73 Å². The lowest BCUT2D eigenvalue weighted by Crippen LogP contribution is -2.54. The summed E-state index contributed by atoms with van der Waals surface area (Å²) in [5.74, 6) is 1.59. The Morgan fingerprint density at radius 1 is 1.16 bits per heavy atom. The van der Waals surface area contributed by atoms with Gasteiger partial charge in [0.05, 0.1) is 5.60 Å². The average Bonchev–Trinajstić information content (AvgIpc) is 2.39. The Morgan fingerprint density at radius 2 is 1.63 bits per heavy atom. The van der Waals surface area contributed by atoms with Gasteiger partial charge >= 0.3 is 0 Å². The molecule has 0 atom stereocenters. The van der Waals surface area contributed by atoms with Crippen molar-refractivity contribution in [1.82, 2.24) is 0 Å². The number of rotatable bonds is 7. The molecule has 0 saturated heterocycles. The fraction of sp³-hybridized carbons (Fsp3) is 1.00. The highest BCUT2D eigenvalue weighted by molar-refractivity contribution is 5.01. The number of aliphatic hydroxyl groups is 1. The van der Waals surface area contributed by atoms with Crippen molar-refractivity contribution in [3.05, 3.63) is 0 Å². The molecule has 0 aromatic heterocycles. The van der Waals surface area contributed by atoms with Crippen molar-refractivity contribution >= 4 is 0 Å². The molecule has 0 amide bonds. The molecular formula is C17H35NO. The van der Waals surface area contributed by atoms with E-state index < -0.39 is 5.60 Å². The second-order valence-corrected chi connectivity index (χ2v) is 7.10. The van der Waals surface area contributed by atoms with Crippen LogP contribution in [0.1, 0.15) is 79.1 Å². The molecule has 0 aromatic carbocycles. The number of hydrogen-bond acceptors (Lipinski definition) is 2. The molecule has 1 aliphatic carbocycles. The van der Waals surface area contributed by atoms with Crippen LogP contribution in [0.4, 0.5) is 0 Å². The zero-order chi connectivity index (χ0) is 14.5. The van der Waals surface area contributed by atoms with E-state index in [1.54, 1.807) is 0 Å². The molecule has 0 aliphatic heterocycles. The topological polar surface area (TPSA) is 46.2 Å². The molecule has 0 radical (unpaired) electrons. The minimum atomic E-state index is -0.535. The van der Waals surface area contributed by atoms with Crippen LogP contribution >= 0.6 is 0 Å². The standard InChI is InChI=1S/C17H35NO/c1-5-9-17(19,10-6-2)16(13-18)11-7-15(8-12-16)14(3)4/h14-15,19H,5-13,18H2,1-4H3. The summed E-state index contributed by atoms with van der Waals surface area (Å²) in [6, 6.07) is 0. The number of nitrogens with two attached hydrogens (primary N) is 1. The van der Waals surface area contributed by atoms with Gasteiger partial charge in [0, 0.05) is 12.0 Å². The van der Waals surface area contributed by atoms with E-state index in [-0.39, 0.29) is 5.41 Å². The third-order valence-corrected chi connectivity index (χ3v) is 5.64. The highest BCUT2D eigenvalue weighted by atomic mass is 16.3. The van der Waals surface area contributed by atoms with Crippen LogP contribution in [0.3, 0.4) is 0 Å². The van der Waals surface area contributed by atoms with Crippen LogP contribution in [0, 0.1) is 17.3 Å². The van der Waals surface area contributed by atoms with Crippen molar-refractivity contribution in [2.45, 2.75) is 84.7 Å². The van der Waals surface area contributed by atoms with Gasteiger partial charge in [0.25, 0.3) is 0 Å². The van der Waals surface area contributed by atoms with E-state index in [0.29, 0.717) is 6.54 Å². The summed E-state index contributed by atoms with van der Waals surface area (Å²) in [6.07, 6.45) is 8.62. The Labute approximate surface area is 120 Å². The maximum Gasteiger partial charge on any atom is 0.0715 e. The van der Waals surface area contributed by atoms with E-state index >= 15 is 0 Å². The number of hydrogen-bond donors (Lipinski definition) is 2. The lowest BCUT2D eigenvalue weighted by Gasteiger charge is -2.51. The summed E-state index contributed by atoms with van der Waals surface area (Å²) >= 11 is 0. The van der Waals surface area contributed by atoms with Gasteiger partial charge in [-0.25, -0.2) is 0 Å². The van der Waals surface area contributed by atoms with Crippen molar-refractivity contribution in [3.8, 4) is 0 Å². The van der Waals surface area contributed by atoms with Crippen LogP contribution in [0.25, 0.3) is 0 Å². The average molecular weight is 269 g/mol. The molecule has 19 heavy (non-hydrogen) atoms. The van der Waals surface area contributed by atoms with E-state index in [4.69, 9.17) is 5.73 Å². The third kappa shape index (κ3) is 3.52. The van der Waals surface area contributed by atoms with Crippen LogP contribution in [0.2, 0.25) is 0 Å². The second kappa shape index (κ2) is 7.08. The predicted octanol–water partition coefficient (Wildman–Crippen LogP) is 4.11. The van der Waals surface area contributed by atoms with E-state index in [1.165, 1.54) is 12.8 Å². The van der Waals surface area contributed by atoms with E-state index in [2.05, 4.69) is 27.7 Å². The summed E-state index contributed by atoms with van der Waals surface area (Å²) in [5.41, 5.74) is 5.59. The minimum Gasteiger partial charge on any atom is -0.389 e. The van der Waals surface area contributed by atoms with Gasteiger partial charge in [0.1, 0.15) is 0 Å². The van der Waals surface area contributed by atoms with E-state index in [1.807, 2.05) is 0 Å². The third-order valence-electron chi connectivity index (χ3n) is 5.64. The van der Waals surface area contributed by atoms with Crippen LogP contribution in [0.5, 0.6) is 0 Å². The Balaban J connectivity index is 2.85. The first-order valence-corrected chi connectivity index (χ1v) is 8.37. The second-order valence-electron chi connectivity index (χ2n) is 7.10. The first-order chi connectivity index (χ1) is 8.94. The monoisotopic (exact) mass is 269 g/mol.